The highest BCUT2D eigenvalue weighted by atomic mass is 16.5. The third-order valence-corrected chi connectivity index (χ3v) is 4.15. The van der Waals surface area contributed by atoms with Gasteiger partial charge in [0.2, 0.25) is 5.91 Å². The van der Waals surface area contributed by atoms with Gasteiger partial charge in [0, 0.05) is 37.7 Å². The minimum absolute atomic E-state index is 0.125. The summed E-state index contributed by atoms with van der Waals surface area (Å²) in [7, 11) is 0. The van der Waals surface area contributed by atoms with Crippen molar-refractivity contribution >= 4 is 11.6 Å². The number of rotatable bonds is 7. The molecular weight excluding hydrogens is 336 g/mol. The molecule has 1 aliphatic rings. The van der Waals surface area contributed by atoms with E-state index in [1.165, 1.54) is 4.68 Å². The Balaban J connectivity index is 1.48. The van der Waals surface area contributed by atoms with Gasteiger partial charge in [-0.2, -0.15) is 5.10 Å². The van der Waals surface area contributed by atoms with Crippen LogP contribution >= 0.6 is 0 Å². The van der Waals surface area contributed by atoms with Gasteiger partial charge >= 0.3 is 0 Å². The van der Waals surface area contributed by atoms with Crippen molar-refractivity contribution in [2.75, 3.05) is 37.8 Å². The fourth-order valence-electron chi connectivity index (χ4n) is 2.71. The summed E-state index contributed by atoms with van der Waals surface area (Å²) in [6.07, 6.45) is 2.36. The highest BCUT2D eigenvalue weighted by Gasteiger charge is 2.12. The number of carbonyl (C=O) groups is 1. The number of anilines is 1. The molecular formula is C18H22N4O4. The predicted octanol–water partition coefficient (Wildman–Crippen LogP) is 0.648. The van der Waals surface area contributed by atoms with Gasteiger partial charge in [-0.15, -0.1) is 0 Å². The molecule has 1 aromatic carbocycles. The van der Waals surface area contributed by atoms with E-state index in [0.29, 0.717) is 44.1 Å². The average molecular weight is 358 g/mol. The van der Waals surface area contributed by atoms with Crippen molar-refractivity contribution in [2.24, 2.45) is 5.73 Å². The Kier molecular flexibility index (Phi) is 5.85. The molecule has 8 nitrogen and oxygen atoms in total. The molecule has 0 unspecified atom stereocenters. The maximum absolute atomic E-state index is 12.2. The smallest absolute Gasteiger partial charge is 0.268 e. The zero-order valence-electron chi connectivity index (χ0n) is 14.5. The average Bonchev–Trinajstić information content (AvgIpc) is 2.67. The number of primary amides is 1. The molecule has 1 fully saturated rings. The molecule has 2 heterocycles. The zero-order valence-corrected chi connectivity index (χ0v) is 14.5. The first-order chi connectivity index (χ1) is 12.6. The van der Waals surface area contributed by atoms with Gasteiger partial charge < -0.3 is 20.1 Å². The Labute approximate surface area is 151 Å². The van der Waals surface area contributed by atoms with E-state index < -0.39 is 5.91 Å². The molecule has 3 rings (SSSR count). The second-order valence-electron chi connectivity index (χ2n) is 5.97. The lowest BCUT2D eigenvalue weighted by Crippen LogP contribution is -2.37. The summed E-state index contributed by atoms with van der Waals surface area (Å²) in [4.78, 5) is 25.3. The van der Waals surface area contributed by atoms with E-state index in [9.17, 15) is 9.59 Å². The Morgan fingerprint density at radius 3 is 2.62 bits per heavy atom. The van der Waals surface area contributed by atoms with Gasteiger partial charge in [-0.05, 0) is 24.3 Å². The van der Waals surface area contributed by atoms with Crippen molar-refractivity contribution in [2.45, 2.75) is 13.0 Å². The van der Waals surface area contributed by atoms with Crippen LogP contribution in [0.4, 0.5) is 5.69 Å². The van der Waals surface area contributed by atoms with E-state index in [-0.39, 0.29) is 5.56 Å². The normalized spacial score (nSPS) is 14.2. The van der Waals surface area contributed by atoms with E-state index in [0.717, 1.165) is 18.8 Å². The van der Waals surface area contributed by atoms with E-state index in [2.05, 4.69) is 10.00 Å². The van der Waals surface area contributed by atoms with Gasteiger partial charge in [-0.3, -0.25) is 9.59 Å². The SMILES string of the molecule is NC(=O)c1ccc(OCCCn2ncc(N3CCOCC3)cc2=O)cc1. The second kappa shape index (κ2) is 8.48. The zero-order chi connectivity index (χ0) is 18.4. The van der Waals surface area contributed by atoms with Crippen LogP contribution in [0.15, 0.2) is 41.3 Å². The van der Waals surface area contributed by atoms with Crippen LogP contribution in [-0.2, 0) is 11.3 Å². The molecule has 2 aromatic rings. The van der Waals surface area contributed by atoms with Gasteiger partial charge in [0.25, 0.3) is 5.56 Å². The molecule has 138 valence electrons. The fourth-order valence-corrected chi connectivity index (χ4v) is 2.71. The molecule has 8 heteroatoms. The van der Waals surface area contributed by atoms with Gasteiger partial charge in [0.1, 0.15) is 5.75 Å². The van der Waals surface area contributed by atoms with Gasteiger partial charge in [-0.1, -0.05) is 0 Å². The first-order valence-corrected chi connectivity index (χ1v) is 8.56. The molecule has 2 N–H and O–H groups in total. The van der Waals surface area contributed by atoms with Crippen LogP contribution in [0, 0.1) is 0 Å². The maximum Gasteiger partial charge on any atom is 0.268 e. The highest BCUT2D eigenvalue weighted by molar-refractivity contribution is 5.92. The van der Waals surface area contributed by atoms with E-state index in [1.54, 1.807) is 36.5 Å². The van der Waals surface area contributed by atoms with Crippen molar-refractivity contribution in [3.63, 3.8) is 0 Å². The molecule has 1 aliphatic heterocycles. The van der Waals surface area contributed by atoms with Crippen molar-refractivity contribution in [1.29, 1.82) is 0 Å². The Morgan fingerprint density at radius 1 is 1.23 bits per heavy atom. The first-order valence-electron chi connectivity index (χ1n) is 8.56. The number of hydrogen-bond acceptors (Lipinski definition) is 6. The minimum atomic E-state index is -0.470. The number of nitrogens with two attached hydrogens (primary N) is 1. The first kappa shape index (κ1) is 17.9. The summed E-state index contributed by atoms with van der Waals surface area (Å²) in [6, 6.07) is 8.24. The lowest BCUT2D eigenvalue weighted by molar-refractivity contribution is 0.1000. The summed E-state index contributed by atoms with van der Waals surface area (Å²) in [5, 5.41) is 4.24. The number of nitrogens with zero attached hydrogens (tertiary/aromatic N) is 3. The van der Waals surface area contributed by atoms with Crippen LogP contribution in [0.2, 0.25) is 0 Å². The summed E-state index contributed by atoms with van der Waals surface area (Å²) in [5.74, 6) is 0.181. The number of ether oxygens (including phenoxy) is 2. The lowest BCUT2D eigenvalue weighted by atomic mass is 10.2. The van der Waals surface area contributed by atoms with Crippen LogP contribution in [0.1, 0.15) is 16.8 Å². The molecule has 0 saturated carbocycles. The molecule has 26 heavy (non-hydrogen) atoms. The fraction of sp³-hybridized carbons (Fsp3) is 0.389. The molecule has 0 atom stereocenters. The van der Waals surface area contributed by atoms with Crippen molar-refractivity contribution in [3.8, 4) is 5.75 Å². The molecule has 0 radical (unpaired) electrons. The summed E-state index contributed by atoms with van der Waals surface area (Å²) < 4.78 is 12.4. The molecule has 1 saturated heterocycles. The molecule has 0 spiro atoms. The van der Waals surface area contributed by atoms with Crippen LogP contribution < -0.4 is 20.9 Å². The number of aromatic nitrogens is 2. The number of amides is 1. The molecule has 1 aromatic heterocycles. The van der Waals surface area contributed by atoms with Crippen molar-refractivity contribution < 1.29 is 14.3 Å². The van der Waals surface area contributed by atoms with Gasteiger partial charge in [0.15, 0.2) is 0 Å². The van der Waals surface area contributed by atoms with Gasteiger partial charge in [0.05, 0.1) is 31.7 Å². The molecule has 0 bridgehead atoms. The third-order valence-electron chi connectivity index (χ3n) is 4.15. The van der Waals surface area contributed by atoms with Gasteiger partial charge in [-0.25, -0.2) is 4.68 Å². The summed E-state index contributed by atoms with van der Waals surface area (Å²) in [5.41, 5.74) is 6.34. The highest BCUT2D eigenvalue weighted by Crippen LogP contribution is 2.13. The Morgan fingerprint density at radius 2 is 1.96 bits per heavy atom. The summed E-state index contributed by atoms with van der Waals surface area (Å²) in [6.45, 7) is 3.79. The Hall–Kier alpha value is -2.87. The second-order valence-corrected chi connectivity index (χ2v) is 5.97. The molecule has 0 aliphatic carbocycles. The monoisotopic (exact) mass is 358 g/mol. The minimum Gasteiger partial charge on any atom is -0.494 e. The van der Waals surface area contributed by atoms with E-state index in [1.807, 2.05) is 0 Å². The van der Waals surface area contributed by atoms with Crippen LogP contribution in [-0.4, -0.2) is 48.6 Å². The summed E-state index contributed by atoms with van der Waals surface area (Å²) >= 11 is 0. The lowest BCUT2D eigenvalue weighted by Gasteiger charge is -2.28. The quantitative estimate of drug-likeness (QED) is 0.730. The standard InChI is InChI=1S/C18H22N4O4/c19-18(24)14-2-4-16(5-3-14)26-9-1-6-22-17(23)12-15(13-20-22)21-7-10-25-11-8-21/h2-5,12-13H,1,6-11H2,(H2,19,24). The predicted molar refractivity (Wildman–Crippen MR) is 96.6 cm³/mol. The van der Waals surface area contributed by atoms with E-state index >= 15 is 0 Å². The Bertz CT molecular complexity index is 798. The van der Waals surface area contributed by atoms with Crippen LogP contribution in [0.25, 0.3) is 0 Å². The maximum atomic E-state index is 12.2. The van der Waals surface area contributed by atoms with Crippen molar-refractivity contribution in [3.05, 3.63) is 52.4 Å². The number of morpholine rings is 1. The number of benzene rings is 1. The van der Waals surface area contributed by atoms with Crippen LogP contribution in [0.3, 0.4) is 0 Å². The topological polar surface area (TPSA) is 99.7 Å². The number of carbonyl (C=O) groups excluding carboxylic acids is 1. The largest absolute Gasteiger partial charge is 0.494 e. The molecule has 1 amide bonds. The van der Waals surface area contributed by atoms with E-state index in [4.69, 9.17) is 15.2 Å². The number of hydrogen-bond donors (Lipinski definition) is 1. The number of aryl methyl sites for hydroxylation is 1. The third kappa shape index (κ3) is 4.60. The van der Waals surface area contributed by atoms with Crippen molar-refractivity contribution in [1.82, 2.24) is 9.78 Å². The van der Waals surface area contributed by atoms with Crippen LogP contribution in [0.5, 0.6) is 5.75 Å².